The predicted molar refractivity (Wildman–Crippen MR) is 65.8 cm³/mol. The highest BCUT2D eigenvalue weighted by atomic mass is 19.1. The number of carboxylic acids is 1. The summed E-state index contributed by atoms with van der Waals surface area (Å²) in [7, 11) is 0. The minimum Gasteiger partial charge on any atom is -0.476 e. The van der Waals surface area contributed by atoms with E-state index < -0.39 is 11.8 Å². The lowest BCUT2D eigenvalue weighted by molar-refractivity contribution is 0.0691. The van der Waals surface area contributed by atoms with Crippen molar-refractivity contribution in [2.75, 3.05) is 0 Å². The first-order valence-corrected chi connectivity index (χ1v) is 5.83. The lowest BCUT2D eigenvalue weighted by atomic mass is 10.1. The number of carboxylic acid groups (broad SMARTS) is 1. The van der Waals surface area contributed by atoms with E-state index in [2.05, 4.69) is 20.5 Å². The van der Waals surface area contributed by atoms with Crippen LogP contribution in [0.15, 0.2) is 35.1 Å². The van der Waals surface area contributed by atoms with Crippen LogP contribution in [0.1, 0.15) is 16.4 Å². The topological polar surface area (TPSA) is 107 Å². The van der Waals surface area contributed by atoms with Gasteiger partial charge in [0.1, 0.15) is 18.1 Å². The molecule has 0 atom stereocenters. The van der Waals surface area contributed by atoms with Crippen LogP contribution in [0.4, 0.5) is 4.39 Å². The summed E-state index contributed by atoms with van der Waals surface area (Å²) >= 11 is 0. The average molecular weight is 289 g/mol. The van der Waals surface area contributed by atoms with Gasteiger partial charge < -0.3 is 9.63 Å². The van der Waals surface area contributed by atoms with E-state index in [1.807, 2.05) is 0 Å². The molecule has 3 aromatic rings. The fourth-order valence-corrected chi connectivity index (χ4v) is 1.86. The third-order valence-corrected chi connectivity index (χ3v) is 2.75. The van der Waals surface area contributed by atoms with Gasteiger partial charge in [0.2, 0.25) is 5.89 Å². The highest BCUT2D eigenvalue weighted by Gasteiger charge is 2.21. The number of rotatable bonds is 4. The van der Waals surface area contributed by atoms with Crippen LogP contribution in [-0.2, 0) is 6.54 Å². The van der Waals surface area contributed by atoms with Crippen molar-refractivity contribution in [3.05, 3.63) is 48.0 Å². The Morgan fingerprint density at radius 1 is 1.33 bits per heavy atom. The molecule has 0 aliphatic heterocycles. The van der Waals surface area contributed by atoms with Crippen molar-refractivity contribution in [2.24, 2.45) is 0 Å². The second-order valence-electron chi connectivity index (χ2n) is 4.09. The van der Waals surface area contributed by atoms with Gasteiger partial charge in [-0.25, -0.2) is 13.9 Å². The van der Waals surface area contributed by atoms with Gasteiger partial charge in [-0.1, -0.05) is 10.4 Å². The Bertz CT molecular complexity index is 767. The van der Waals surface area contributed by atoms with Crippen molar-refractivity contribution in [3.8, 4) is 11.3 Å². The molecule has 1 aromatic carbocycles. The van der Waals surface area contributed by atoms with Gasteiger partial charge >= 0.3 is 5.97 Å². The second-order valence-corrected chi connectivity index (χ2v) is 4.09. The molecule has 2 heterocycles. The van der Waals surface area contributed by atoms with Crippen LogP contribution in [0, 0.1) is 5.82 Å². The first-order chi connectivity index (χ1) is 10.1. The third kappa shape index (κ3) is 2.48. The highest BCUT2D eigenvalue weighted by molar-refractivity contribution is 5.92. The maximum absolute atomic E-state index is 13.0. The van der Waals surface area contributed by atoms with Gasteiger partial charge in [0.15, 0.2) is 12.0 Å². The number of aromatic carboxylic acids is 1. The zero-order chi connectivity index (χ0) is 14.8. The van der Waals surface area contributed by atoms with Crippen LogP contribution in [0.25, 0.3) is 11.3 Å². The third-order valence-electron chi connectivity index (χ3n) is 2.75. The van der Waals surface area contributed by atoms with Crippen molar-refractivity contribution in [1.82, 2.24) is 25.1 Å². The monoisotopic (exact) mass is 289 g/mol. The number of halogens is 1. The Labute approximate surface area is 116 Å². The molecule has 0 bridgehead atoms. The van der Waals surface area contributed by atoms with Crippen LogP contribution >= 0.6 is 0 Å². The van der Waals surface area contributed by atoms with Crippen molar-refractivity contribution < 1.29 is 18.8 Å². The average Bonchev–Trinajstić information content (AvgIpc) is 3.10. The van der Waals surface area contributed by atoms with Gasteiger partial charge in [0.05, 0.1) is 0 Å². The normalized spacial score (nSPS) is 10.7. The lowest BCUT2D eigenvalue weighted by Crippen LogP contribution is -2.06. The van der Waals surface area contributed by atoms with Gasteiger partial charge in [-0.2, -0.15) is 4.98 Å². The zero-order valence-corrected chi connectivity index (χ0v) is 10.5. The van der Waals surface area contributed by atoms with Crippen LogP contribution in [0.5, 0.6) is 0 Å². The molecule has 0 radical (unpaired) electrons. The molecule has 21 heavy (non-hydrogen) atoms. The fraction of sp³-hybridized carbons (Fsp3) is 0.0833. The smallest absolute Gasteiger partial charge is 0.358 e. The molecule has 1 N–H and O–H groups in total. The predicted octanol–water partition coefficient (Wildman–Crippen LogP) is 1.21. The first kappa shape index (κ1) is 12.9. The van der Waals surface area contributed by atoms with Crippen molar-refractivity contribution in [1.29, 1.82) is 0 Å². The van der Waals surface area contributed by atoms with Crippen molar-refractivity contribution >= 4 is 5.97 Å². The highest BCUT2D eigenvalue weighted by Crippen LogP contribution is 2.23. The summed E-state index contributed by atoms with van der Waals surface area (Å²) in [4.78, 5) is 15.1. The Morgan fingerprint density at radius 3 is 2.71 bits per heavy atom. The summed E-state index contributed by atoms with van der Waals surface area (Å²) in [6.45, 7) is 0.0625. The van der Waals surface area contributed by atoms with E-state index in [1.165, 1.54) is 35.3 Å². The number of nitrogens with zero attached hydrogens (tertiary/aromatic N) is 5. The summed E-state index contributed by atoms with van der Waals surface area (Å²) in [6.07, 6.45) is 1.22. The summed E-state index contributed by atoms with van der Waals surface area (Å²) in [6, 6.07) is 5.35. The van der Waals surface area contributed by atoms with Crippen molar-refractivity contribution in [2.45, 2.75) is 6.54 Å². The van der Waals surface area contributed by atoms with E-state index in [0.717, 1.165) is 0 Å². The largest absolute Gasteiger partial charge is 0.476 e. The number of benzene rings is 1. The van der Waals surface area contributed by atoms with Gasteiger partial charge in [-0.05, 0) is 24.3 Å². The van der Waals surface area contributed by atoms with E-state index in [1.54, 1.807) is 0 Å². The molecule has 106 valence electrons. The Hall–Kier alpha value is -3.10. The van der Waals surface area contributed by atoms with Crippen LogP contribution in [0.2, 0.25) is 0 Å². The van der Waals surface area contributed by atoms with Gasteiger partial charge in [-0.3, -0.25) is 0 Å². The molecular weight excluding hydrogens is 281 g/mol. The van der Waals surface area contributed by atoms with E-state index in [9.17, 15) is 14.3 Å². The summed E-state index contributed by atoms with van der Waals surface area (Å²) in [5.74, 6) is -1.40. The molecule has 9 heteroatoms. The SMILES string of the molecule is O=C(O)c1nnn(Cc2ncno2)c1-c1ccc(F)cc1. The standard InChI is InChI=1S/C12H8FN5O3/c13-8-3-1-7(2-4-8)11-10(12(19)20)16-17-18(11)5-9-14-6-15-21-9/h1-4,6H,5H2,(H,19,20). The van der Waals surface area contributed by atoms with Crippen LogP contribution < -0.4 is 0 Å². The van der Waals surface area contributed by atoms with Gasteiger partial charge in [0.25, 0.3) is 0 Å². The maximum atomic E-state index is 13.0. The Kier molecular flexibility index (Phi) is 3.14. The Morgan fingerprint density at radius 2 is 2.10 bits per heavy atom. The van der Waals surface area contributed by atoms with Crippen molar-refractivity contribution in [3.63, 3.8) is 0 Å². The van der Waals surface area contributed by atoms with Gasteiger partial charge in [-0.15, -0.1) is 5.10 Å². The molecule has 3 rings (SSSR count). The fourth-order valence-electron chi connectivity index (χ4n) is 1.86. The van der Waals surface area contributed by atoms with Gasteiger partial charge in [0, 0.05) is 5.56 Å². The van der Waals surface area contributed by atoms with Crippen LogP contribution in [0.3, 0.4) is 0 Å². The summed E-state index contributed by atoms with van der Waals surface area (Å²) < 4.78 is 19.2. The molecule has 0 saturated heterocycles. The number of hydrogen-bond donors (Lipinski definition) is 1. The van der Waals surface area contributed by atoms with E-state index in [4.69, 9.17) is 4.52 Å². The second kappa shape index (κ2) is 5.12. The molecular formula is C12H8FN5O3. The molecule has 0 unspecified atom stereocenters. The van der Waals surface area contributed by atoms with E-state index in [0.29, 0.717) is 5.56 Å². The molecule has 0 saturated carbocycles. The molecule has 2 aromatic heterocycles. The van der Waals surface area contributed by atoms with E-state index >= 15 is 0 Å². The molecule has 0 aliphatic carbocycles. The van der Waals surface area contributed by atoms with E-state index in [-0.39, 0.29) is 23.8 Å². The molecule has 0 fully saturated rings. The molecule has 8 nitrogen and oxygen atoms in total. The lowest BCUT2D eigenvalue weighted by Gasteiger charge is -2.05. The summed E-state index contributed by atoms with van der Waals surface area (Å²) in [5, 5.41) is 20.0. The molecule has 0 amide bonds. The first-order valence-electron chi connectivity index (χ1n) is 5.83. The molecule has 0 spiro atoms. The Balaban J connectivity index is 2.08. The maximum Gasteiger partial charge on any atom is 0.358 e. The number of hydrogen-bond acceptors (Lipinski definition) is 6. The minimum absolute atomic E-state index is 0.0625. The quantitative estimate of drug-likeness (QED) is 0.769. The number of aromatic nitrogens is 5. The molecule has 0 aliphatic rings. The summed E-state index contributed by atoms with van der Waals surface area (Å²) in [5.41, 5.74) is 0.472. The minimum atomic E-state index is -1.23. The number of carbonyl (C=O) groups is 1. The zero-order valence-electron chi connectivity index (χ0n) is 10.5. The van der Waals surface area contributed by atoms with Crippen LogP contribution in [-0.4, -0.2) is 36.2 Å².